The van der Waals surface area contributed by atoms with Crippen molar-refractivity contribution < 1.29 is 32.3 Å². The summed E-state index contributed by atoms with van der Waals surface area (Å²) in [6, 6.07) is 5.65. The number of nitrogens with one attached hydrogen (secondary N) is 2. The van der Waals surface area contributed by atoms with Crippen molar-refractivity contribution in [2.24, 2.45) is 0 Å². The number of nitrogens with zero attached hydrogens (tertiary/aromatic N) is 5. The number of rotatable bonds is 9. The molecule has 0 spiro atoms. The maximum Gasteiger partial charge on any atom is 0.455 e. The van der Waals surface area contributed by atoms with Gasteiger partial charge in [-0.05, 0) is 50.0 Å². The van der Waals surface area contributed by atoms with Gasteiger partial charge in [0.2, 0.25) is 11.8 Å². The molecule has 37 heavy (non-hydrogen) atoms. The molecule has 3 rings (SSSR count). The van der Waals surface area contributed by atoms with Crippen LogP contribution in [0.4, 0.5) is 13.2 Å². The maximum absolute atomic E-state index is 13.2. The third-order valence-corrected chi connectivity index (χ3v) is 6.03. The van der Waals surface area contributed by atoms with Crippen molar-refractivity contribution in [1.82, 2.24) is 35.7 Å². The summed E-state index contributed by atoms with van der Waals surface area (Å²) in [5, 5.41) is 14.6. The number of hydrogen-bond donors (Lipinski definition) is 2. The number of tetrazole rings is 1. The monoisotopic (exact) mass is 523 g/mol. The van der Waals surface area contributed by atoms with Crippen LogP contribution in [0.5, 0.6) is 0 Å². The second kappa shape index (κ2) is 11.9. The molecule has 1 aromatic carbocycles. The molecule has 1 aliphatic rings. The number of hydrogen-bond acceptors (Lipinski definition) is 7. The molecule has 2 aromatic rings. The molecule has 0 saturated carbocycles. The van der Waals surface area contributed by atoms with Gasteiger partial charge in [-0.1, -0.05) is 25.1 Å². The molecule has 200 valence electrons. The predicted molar refractivity (Wildman–Crippen MR) is 123 cm³/mol. The Hall–Kier alpha value is -3.84. The van der Waals surface area contributed by atoms with Gasteiger partial charge in [0.1, 0.15) is 18.6 Å². The second-order valence-electron chi connectivity index (χ2n) is 8.67. The largest absolute Gasteiger partial charge is 0.455 e. The Bertz CT molecular complexity index is 1120. The van der Waals surface area contributed by atoms with Gasteiger partial charge in [-0.25, -0.2) is 0 Å². The molecule has 14 heteroatoms. The van der Waals surface area contributed by atoms with Crippen molar-refractivity contribution in [2.75, 3.05) is 6.54 Å². The normalized spacial score (nSPS) is 18.0. The highest BCUT2D eigenvalue weighted by molar-refractivity contribution is 5.98. The number of benzene rings is 1. The van der Waals surface area contributed by atoms with Crippen LogP contribution in [0, 0.1) is 0 Å². The van der Waals surface area contributed by atoms with E-state index in [1.54, 1.807) is 37.3 Å². The first-order chi connectivity index (χ1) is 17.5. The minimum absolute atomic E-state index is 0.155. The van der Waals surface area contributed by atoms with Gasteiger partial charge < -0.3 is 15.5 Å². The van der Waals surface area contributed by atoms with E-state index in [1.165, 1.54) is 11.8 Å². The topological polar surface area (TPSA) is 139 Å². The summed E-state index contributed by atoms with van der Waals surface area (Å²) >= 11 is 0. The number of amides is 3. The number of likely N-dealkylation sites (tertiary alicyclic amines) is 1. The van der Waals surface area contributed by atoms with Crippen LogP contribution >= 0.6 is 0 Å². The summed E-state index contributed by atoms with van der Waals surface area (Å²) in [6.07, 6.45) is -2.94. The summed E-state index contributed by atoms with van der Waals surface area (Å²) < 4.78 is 38.0. The van der Waals surface area contributed by atoms with Crippen molar-refractivity contribution in [3.05, 3.63) is 41.7 Å². The molecule has 1 aromatic heterocycles. The Labute approximate surface area is 210 Å². The highest BCUT2D eigenvalue weighted by atomic mass is 19.4. The SMILES string of the molecule is CCC(NC(=O)C(C)N1CCCC[C@H](NC(=O)c2ccccc2)C1=O)C(=O)Cn1nnc(C(F)(F)F)n1. The van der Waals surface area contributed by atoms with Gasteiger partial charge in [0.25, 0.3) is 11.7 Å². The second-order valence-corrected chi connectivity index (χ2v) is 8.67. The number of Topliss-reactive ketones (excluding diaryl/α,β-unsaturated/α-hetero) is 1. The van der Waals surface area contributed by atoms with E-state index in [0.29, 0.717) is 36.2 Å². The molecule has 1 fully saturated rings. The van der Waals surface area contributed by atoms with Crippen LogP contribution in [0.25, 0.3) is 0 Å². The van der Waals surface area contributed by atoms with Crippen LogP contribution in [-0.2, 0) is 27.1 Å². The minimum atomic E-state index is -4.80. The third kappa shape index (κ3) is 7.11. The zero-order valence-electron chi connectivity index (χ0n) is 20.4. The number of carbonyl (C=O) groups excluding carboxylic acids is 4. The Kier molecular flexibility index (Phi) is 8.95. The number of ketones is 1. The molecule has 0 bridgehead atoms. The van der Waals surface area contributed by atoms with Crippen molar-refractivity contribution in [1.29, 1.82) is 0 Å². The average Bonchev–Trinajstić information content (AvgIpc) is 3.27. The summed E-state index contributed by atoms with van der Waals surface area (Å²) in [4.78, 5) is 53.2. The van der Waals surface area contributed by atoms with Crippen LogP contribution in [0.1, 0.15) is 55.7 Å². The number of alkyl halides is 3. The van der Waals surface area contributed by atoms with Gasteiger partial charge in [0.15, 0.2) is 5.78 Å². The van der Waals surface area contributed by atoms with Crippen molar-refractivity contribution in [2.45, 2.75) is 70.4 Å². The molecule has 3 atom stereocenters. The smallest absolute Gasteiger partial charge is 0.344 e. The van der Waals surface area contributed by atoms with Gasteiger partial charge in [0, 0.05) is 12.1 Å². The van der Waals surface area contributed by atoms with E-state index in [-0.39, 0.29) is 6.42 Å². The van der Waals surface area contributed by atoms with Crippen molar-refractivity contribution in [3.8, 4) is 0 Å². The van der Waals surface area contributed by atoms with Gasteiger partial charge in [-0.15, -0.1) is 10.2 Å². The van der Waals surface area contributed by atoms with Gasteiger partial charge in [-0.3, -0.25) is 19.2 Å². The van der Waals surface area contributed by atoms with E-state index < -0.39 is 60.2 Å². The lowest BCUT2D eigenvalue weighted by atomic mass is 10.1. The molecule has 2 unspecified atom stereocenters. The Morgan fingerprint density at radius 2 is 1.86 bits per heavy atom. The zero-order valence-corrected chi connectivity index (χ0v) is 20.4. The van der Waals surface area contributed by atoms with Gasteiger partial charge in [-0.2, -0.15) is 18.0 Å². The van der Waals surface area contributed by atoms with E-state index in [1.807, 2.05) is 0 Å². The molecular weight excluding hydrogens is 495 g/mol. The van der Waals surface area contributed by atoms with Crippen LogP contribution < -0.4 is 10.6 Å². The first kappa shape index (κ1) is 27.7. The third-order valence-electron chi connectivity index (χ3n) is 6.03. The van der Waals surface area contributed by atoms with Crippen molar-refractivity contribution in [3.63, 3.8) is 0 Å². The Balaban J connectivity index is 1.62. The predicted octanol–water partition coefficient (Wildman–Crippen LogP) is 1.36. The number of aromatic nitrogens is 4. The first-order valence-corrected chi connectivity index (χ1v) is 11.9. The fourth-order valence-electron chi connectivity index (χ4n) is 3.93. The summed E-state index contributed by atoms with van der Waals surface area (Å²) in [7, 11) is 0. The fraction of sp³-hybridized carbons (Fsp3) is 0.522. The van der Waals surface area contributed by atoms with E-state index in [9.17, 15) is 32.3 Å². The fourth-order valence-corrected chi connectivity index (χ4v) is 3.93. The molecule has 11 nitrogen and oxygen atoms in total. The van der Waals surface area contributed by atoms with Crippen LogP contribution in [-0.4, -0.2) is 73.3 Å². The molecular formula is C23H28F3N7O4. The molecule has 1 aliphatic heterocycles. The molecule has 0 aliphatic carbocycles. The van der Waals surface area contributed by atoms with E-state index >= 15 is 0 Å². The number of halogens is 3. The lowest BCUT2D eigenvalue weighted by Gasteiger charge is -2.30. The Morgan fingerprint density at radius 1 is 1.16 bits per heavy atom. The van der Waals surface area contributed by atoms with Crippen LogP contribution in [0.15, 0.2) is 30.3 Å². The summed E-state index contributed by atoms with van der Waals surface area (Å²) in [5.41, 5.74) is 0.408. The lowest BCUT2D eigenvalue weighted by molar-refractivity contribution is -0.145. The number of carbonyl (C=O) groups is 4. The molecule has 2 heterocycles. The van der Waals surface area contributed by atoms with E-state index in [2.05, 4.69) is 26.0 Å². The molecule has 2 N–H and O–H groups in total. The molecule has 3 amide bonds. The molecule has 0 radical (unpaired) electrons. The maximum atomic E-state index is 13.2. The standard InChI is InChI=1S/C23H28F3N7O4/c1-3-16(18(34)13-33-30-22(29-31-33)23(24,25)26)27-19(35)14(2)32-12-8-7-11-17(21(32)37)28-20(36)15-9-5-4-6-10-15/h4-6,9-10,14,16-17H,3,7-8,11-13H2,1-2H3,(H,27,35)(H,28,36)/t14?,16?,17-/m0/s1. The first-order valence-electron chi connectivity index (χ1n) is 11.9. The summed E-state index contributed by atoms with van der Waals surface area (Å²) in [6.45, 7) is 2.81. The van der Waals surface area contributed by atoms with Crippen molar-refractivity contribution >= 4 is 23.5 Å². The average molecular weight is 524 g/mol. The minimum Gasteiger partial charge on any atom is -0.344 e. The zero-order chi connectivity index (χ0) is 27.2. The quantitative estimate of drug-likeness (QED) is 0.506. The highest BCUT2D eigenvalue weighted by Crippen LogP contribution is 2.24. The van der Waals surface area contributed by atoms with Gasteiger partial charge >= 0.3 is 6.18 Å². The van der Waals surface area contributed by atoms with Crippen LogP contribution in [0.2, 0.25) is 0 Å². The Morgan fingerprint density at radius 3 is 2.49 bits per heavy atom. The van der Waals surface area contributed by atoms with E-state index in [0.717, 1.165) is 0 Å². The highest BCUT2D eigenvalue weighted by Gasteiger charge is 2.37. The molecule has 1 saturated heterocycles. The summed E-state index contributed by atoms with van der Waals surface area (Å²) in [5.74, 6) is -3.50. The lowest BCUT2D eigenvalue weighted by Crippen LogP contribution is -2.56. The van der Waals surface area contributed by atoms with E-state index in [4.69, 9.17) is 0 Å². The van der Waals surface area contributed by atoms with Crippen LogP contribution in [0.3, 0.4) is 0 Å². The van der Waals surface area contributed by atoms with Gasteiger partial charge in [0.05, 0.1) is 6.04 Å².